The minimum atomic E-state index is -2.60. The summed E-state index contributed by atoms with van der Waals surface area (Å²) in [5.41, 5.74) is 2.28. The van der Waals surface area contributed by atoms with Gasteiger partial charge in [0.25, 0.3) is 0 Å². The van der Waals surface area contributed by atoms with E-state index in [1.165, 1.54) is 5.56 Å². The highest BCUT2D eigenvalue weighted by Crippen LogP contribution is 2.35. The second-order valence-corrected chi connectivity index (χ2v) is 6.57. The van der Waals surface area contributed by atoms with Crippen molar-refractivity contribution in [2.45, 2.75) is 32.0 Å². The predicted molar refractivity (Wildman–Crippen MR) is 96.4 cm³/mol. The minimum absolute atomic E-state index is 0.215. The zero-order chi connectivity index (χ0) is 18.1. The van der Waals surface area contributed by atoms with Crippen molar-refractivity contribution in [3.63, 3.8) is 0 Å². The van der Waals surface area contributed by atoms with Gasteiger partial charge in [-0.25, -0.2) is 4.98 Å². The fourth-order valence-electron chi connectivity index (χ4n) is 3.82. The first kappa shape index (κ1) is 17.0. The van der Waals surface area contributed by atoms with Crippen molar-refractivity contribution >= 4 is 11.0 Å². The van der Waals surface area contributed by atoms with Gasteiger partial charge in [-0.1, -0.05) is 24.3 Å². The minimum Gasteiger partial charge on any atom is -0.497 e. The first-order chi connectivity index (χ1) is 12.7. The Labute approximate surface area is 151 Å². The molecule has 1 aliphatic rings. The molecule has 1 atom stereocenters. The number of likely N-dealkylation sites (tertiary alicyclic amines) is 1. The monoisotopic (exact) mass is 357 g/mol. The van der Waals surface area contributed by atoms with Crippen LogP contribution in [0.4, 0.5) is 8.78 Å². The molecule has 26 heavy (non-hydrogen) atoms. The molecule has 2 aromatic carbocycles. The van der Waals surface area contributed by atoms with E-state index in [-0.39, 0.29) is 6.04 Å². The second-order valence-electron chi connectivity index (χ2n) is 6.57. The van der Waals surface area contributed by atoms with Crippen LogP contribution in [0.1, 0.15) is 36.8 Å². The highest BCUT2D eigenvalue weighted by molar-refractivity contribution is 5.75. The Morgan fingerprint density at radius 1 is 1.15 bits per heavy atom. The molecule has 0 spiro atoms. The maximum atomic E-state index is 13.7. The quantitative estimate of drug-likeness (QED) is 0.658. The van der Waals surface area contributed by atoms with Crippen LogP contribution in [0, 0.1) is 0 Å². The molecule has 4 nitrogen and oxygen atoms in total. The van der Waals surface area contributed by atoms with E-state index in [1.54, 1.807) is 25.3 Å². The lowest BCUT2D eigenvalue weighted by atomic mass is 10.0. The molecule has 136 valence electrons. The largest absolute Gasteiger partial charge is 0.497 e. The van der Waals surface area contributed by atoms with Gasteiger partial charge in [-0.15, -0.1) is 0 Å². The number of ether oxygens (including phenoxy) is 1. The van der Waals surface area contributed by atoms with E-state index in [9.17, 15) is 8.78 Å². The maximum Gasteiger partial charge on any atom is 0.320 e. The first-order valence-electron chi connectivity index (χ1n) is 8.79. The molecule has 4 rings (SSSR count). The van der Waals surface area contributed by atoms with E-state index in [0.29, 0.717) is 23.4 Å². The van der Waals surface area contributed by atoms with Gasteiger partial charge < -0.3 is 4.74 Å². The Hall–Kier alpha value is -2.47. The van der Waals surface area contributed by atoms with Crippen molar-refractivity contribution in [1.82, 2.24) is 14.5 Å². The third-order valence-corrected chi connectivity index (χ3v) is 5.07. The standard InChI is InChI=1S/C20H21F2N3O/c1-26-15-10-8-14(9-11-15)17-7-4-12-24(17)13-19-23-16-5-2-3-6-18(16)25(19)20(21)22/h2-3,5-6,8-11,17,20H,4,7,12-13H2,1H3/t17-/m0/s1. The lowest BCUT2D eigenvalue weighted by molar-refractivity contribution is 0.0678. The number of benzene rings is 2. The molecule has 0 amide bonds. The SMILES string of the molecule is COc1ccc([C@@H]2CCCN2Cc2nc3ccccc3n2C(F)F)cc1. The average Bonchev–Trinajstić information content (AvgIpc) is 3.26. The molecule has 1 aliphatic heterocycles. The number of alkyl halides is 2. The molecule has 1 fully saturated rings. The number of para-hydroxylation sites is 2. The van der Waals surface area contributed by atoms with Gasteiger partial charge in [0, 0.05) is 6.04 Å². The summed E-state index contributed by atoms with van der Waals surface area (Å²) in [4.78, 5) is 6.71. The summed E-state index contributed by atoms with van der Waals surface area (Å²) in [6.45, 7) is -1.31. The van der Waals surface area contributed by atoms with Crippen LogP contribution in [-0.2, 0) is 6.54 Å². The summed E-state index contributed by atoms with van der Waals surface area (Å²) in [7, 11) is 1.64. The zero-order valence-corrected chi connectivity index (χ0v) is 14.6. The third kappa shape index (κ3) is 3.05. The van der Waals surface area contributed by atoms with Gasteiger partial charge in [0.1, 0.15) is 11.6 Å². The van der Waals surface area contributed by atoms with Gasteiger partial charge in [-0.2, -0.15) is 8.78 Å². The number of aromatic nitrogens is 2. The second kappa shape index (κ2) is 7.03. The number of methoxy groups -OCH3 is 1. The topological polar surface area (TPSA) is 30.3 Å². The van der Waals surface area contributed by atoms with Crippen molar-refractivity contribution in [2.24, 2.45) is 0 Å². The Bertz CT molecular complexity index is 892. The smallest absolute Gasteiger partial charge is 0.320 e. The van der Waals surface area contributed by atoms with Crippen molar-refractivity contribution in [2.75, 3.05) is 13.7 Å². The number of hydrogen-bond donors (Lipinski definition) is 0. The normalized spacial score (nSPS) is 18.1. The van der Waals surface area contributed by atoms with E-state index in [1.807, 2.05) is 18.2 Å². The summed E-state index contributed by atoms with van der Waals surface area (Å²) in [5.74, 6) is 1.24. The fraction of sp³-hybridized carbons (Fsp3) is 0.350. The molecule has 3 aromatic rings. The van der Waals surface area contributed by atoms with Crippen molar-refractivity contribution in [3.8, 4) is 5.75 Å². The van der Waals surface area contributed by atoms with Crippen LogP contribution in [0.2, 0.25) is 0 Å². The molecule has 0 unspecified atom stereocenters. The summed E-state index contributed by atoms with van der Waals surface area (Å²) >= 11 is 0. The lowest BCUT2D eigenvalue weighted by Gasteiger charge is -2.25. The molecular formula is C20H21F2N3O. The van der Waals surface area contributed by atoms with Crippen LogP contribution in [0.15, 0.2) is 48.5 Å². The Morgan fingerprint density at radius 3 is 2.65 bits per heavy atom. The molecule has 0 radical (unpaired) electrons. The highest BCUT2D eigenvalue weighted by atomic mass is 19.3. The van der Waals surface area contributed by atoms with Gasteiger partial charge in [-0.05, 0) is 49.2 Å². The van der Waals surface area contributed by atoms with Gasteiger partial charge in [0.05, 0.1) is 24.7 Å². The summed E-state index contributed by atoms with van der Waals surface area (Å²) in [5, 5.41) is 0. The van der Waals surface area contributed by atoms with Gasteiger partial charge in [0.15, 0.2) is 0 Å². The fourth-order valence-corrected chi connectivity index (χ4v) is 3.82. The summed E-state index contributed by atoms with van der Waals surface area (Å²) in [6.07, 6.45) is 2.06. The van der Waals surface area contributed by atoms with Crippen LogP contribution < -0.4 is 4.74 Å². The van der Waals surface area contributed by atoms with Crippen LogP contribution >= 0.6 is 0 Å². The maximum absolute atomic E-state index is 13.7. The van der Waals surface area contributed by atoms with E-state index in [2.05, 4.69) is 22.0 Å². The molecule has 0 N–H and O–H groups in total. The number of nitrogens with zero attached hydrogens (tertiary/aromatic N) is 3. The Kier molecular flexibility index (Phi) is 4.59. The third-order valence-electron chi connectivity index (χ3n) is 5.07. The molecule has 0 saturated carbocycles. The van der Waals surface area contributed by atoms with Crippen LogP contribution in [0.5, 0.6) is 5.75 Å². The number of imidazole rings is 1. The summed E-state index contributed by atoms with van der Waals surface area (Å²) < 4.78 is 33.6. The van der Waals surface area contributed by atoms with Crippen molar-refractivity contribution in [1.29, 1.82) is 0 Å². The van der Waals surface area contributed by atoms with Crippen LogP contribution in [0.25, 0.3) is 11.0 Å². The zero-order valence-electron chi connectivity index (χ0n) is 14.6. The summed E-state index contributed by atoms with van der Waals surface area (Å²) in [6, 6.07) is 15.3. The number of halogens is 2. The number of rotatable bonds is 5. The van der Waals surface area contributed by atoms with Gasteiger partial charge in [-0.3, -0.25) is 9.47 Å². The van der Waals surface area contributed by atoms with Crippen LogP contribution in [-0.4, -0.2) is 28.1 Å². The first-order valence-corrected chi connectivity index (χ1v) is 8.79. The van der Waals surface area contributed by atoms with E-state index in [0.717, 1.165) is 29.7 Å². The molecule has 6 heteroatoms. The van der Waals surface area contributed by atoms with E-state index < -0.39 is 6.55 Å². The molecule has 2 heterocycles. The average molecular weight is 357 g/mol. The van der Waals surface area contributed by atoms with E-state index in [4.69, 9.17) is 4.74 Å². The molecule has 0 bridgehead atoms. The number of hydrogen-bond acceptors (Lipinski definition) is 3. The van der Waals surface area contributed by atoms with Gasteiger partial charge in [0.2, 0.25) is 0 Å². The molecule has 1 saturated heterocycles. The van der Waals surface area contributed by atoms with E-state index >= 15 is 0 Å². The highest BCUT2D eigenvalue weighted by Gasteiger charge is 2.28. The lowest BCUT2D eigenvalue weighted by Crippen LogP contribution is -2.25. The Balaban J connectivity index is 1.63. The molecule has 0 aliphatic carbocycles. The van der Waals surface area contributed by atoms with Crippen molar-refractivity contribution < 1.29 is 13.5 Å². The molecular weight excluding hydrogens is 336 g/mol. The number of fused-ring (bicyclic) bond motifs is 1. The molecule has 1 aromatic heterocycles. The van der Waals surface area contributed by atoms with Crippen LogP contribution in [0.3, 0.4) is 0 Å². The Morgan fingerprint density at radius 2 is 1.92 bits per heavy atom. The predicted octanol–water partition coefficient (Wildman–Crippen LogP) is 4.78. The van der Waals surface area contributed by atoms with Crippen molar-refractivity contribution in [3.05, 3.63) is 59.9 Å². The van der Waals surface area contributed by atoms with Gasteiger partial charge >= 0.3 is 6.55 Å².